The van der Waals surface area contributed by atoms with Crippen molar-refractivity contribution in [1.29, 1.82) is 0 Å². The number of amides is 1. The molecule has 1 N–H and O–H groups in total. The predicted molar refractivity (Wildman–Crippen MR) is 71.2 cm³/mol. The van der Waals surface area contributed by atoms with Crippen LogP contribution >= 0.6 is 15.9 Å². The number of nitrogens with one attached hydrogen (secondary N) is 1. The molecule has 0 aliphatic heterocycles. The van der Waals surface area contributed by atoms with E-state index in [9.17, 15) is 9.59 Å². The summed E-state index contributed by atoms with van der Waals surface area (Å²) in [4.78, 5) is 23.2. The summed E-state index contributed by atoms with van der Waals surface area (Å²) < 4.78 is 6.54. The first-order valence-electron chi connectivity index (χ1n) is 5.49. The molecule has 0 unspecified atom stereocenters. The van der Waals surface area contributed by atoms with E-state index in [1.807, 2.05) is 0 Å². The highest BCUT2D eigenvalue weighted by molar-refractivity contribution is 9.10. The Bertz CT molecular complexity index is 629. The third kappa shape index (κ3) is 3.18. The Morgan fingerprint density at radius 2 is 2.25 bits per heavy atom. The number of methoxy groups -OCH3 is 1. The van der Waals surface area contributed by atoms with Crippen molar-refractivity contribution >= 4 is 27.8 Å². The van der Waals surface area contributed by atoms with Crippen LogP contribution in [-0.4, -0.2) is 45.7 Å². The van der Waals surface area contributed by atoms with Crippen LogP contribution < -0.4 is 5.32 Å². The number of tetrazole rings is 1. The number of ether oxygens (including phenoxy) is 1. The Balaban J connectivity index is 2.28. The minimum absolute atomic E-state index is 0.211. The van der Waals surface area contributed by atoms with Crippen molar-refractivity contribution in [3.8, 4) is 5.69 Å². The fourth-order valence-electron chi connectivity index (χ4n) is 1.48. The number of hydrogen-bond acceptors (Lipinski definition) is 6. The lowest BCUT2D eigenvalue weighted by molar-refractivity contribution is -0.139. The number of rotatable bonds is 4. The van der Waals surface area contributed by atoms with Gasteiger partial charge in [-0.25, -0.2) is 0 Å². The van der Waals surface area contributed by atoms with Crippen LogP contribution in [0.4, 0.5) is 0 Å². The summed E-state index contributed by atoms with van der Waals surface area (Å²) in [6.45, 7) is -0.211. The molecule has 0 aliphatic carbocycles. The summed E-state index contributed by atoms with van der Waals surface area (Å²) in [6.07, 6.45) is 1.38. The minimum Gasteiger partial charge on any atom is -0.468 e. The van der Waals surface area contributed by atoms with Gasteiger partial charge in [-0.2, -0.15) is 4.68 Å². The van der Waals surface area contributed by atoms with Gasteiger partial charge in [0.05, 0.1) is 18.4 Å². The van der Waals surface area contributed by atoms with E-state index < -0.39 is 11.9 Å². The van der Waals surface area contributed by atoms with Gasteiger partial charge in [0.2, 0.25) is 0 Å². The zero-order valence-corrected chi connectivity index (χ0v) is 12.0. The average Bonchev–Trinajstić information content (AvgIpc) is 2.98. The molecule has 0 saturated heterocycles. The molecule has 20 heavy (non-hydrogen) atoms. The van der Waals surface area contributed by atoms with Gasteiger partial charge in [-0.3, -0.25) is 9.59 Å². The fourth-order valence-corrected chi connectivity index (χ4v) is 1.84. The highest BCUT2D eigenvalue weighted by Gasteiger charge is 2.15. The Morgan fingerprint density at radius 3 is 2.90 bits per heavy atom. The molecule has 0 aliphatic rings. The first-order valence-corrected chi connectivity index (χ1v) is 6.29. The van der Waals surface area contributed by atoms with Gasteiger partial charge in [0.1, 0.15) is 12.9 Å². The van der Waals surface area contributed by atoms with Gasteiger partial charge in [-0.05, 0) is 28.6 Å². The number of halogens is 1. The second-order valence-corrected chi connectivity index (χ2v) is 4.59. The van der Waals surface area contributed by atoms with Crippen LogP contribution in [0.2, 0.25) is 0 Å². The lowest BCUT2D eigenvalue weighted by Gasteiger charge is -2.09. The maximum absolute atomic E-state index is 12.1. The zero-order valence-electron chi connectivity index (χ0n) is 10.4. The smallest absolute Gasteiger partial charge is 0.325 e. The summed E-state index contributed by atoms with van der Waals surface area (Å²) in [5.74, 6) is -0.959. The van der Waals surface area contributed by atoms with Gasteiger partial charge >= 0.3 is 5.97 Å². The SMILES string of the molecule is COC(=O)CNC(=O)c1cc(Br)ccc1-n1cnnn1. The van der Waals surface area contributed by atoms with Crippen molar-refractivity contribution < 1.29 is 14.3 Å². The Morgan fingerprint density at radius 1 is 1.45 bits per heavy atom. The van der Waals surface area contributed by atoms with E-state index in [1.54, 1.807) is 18.2 Å². The van der Waals surface area contributed by atoms with Gasteiger partial charge in [0.25, 0.3) is 5.91 Å². The predicted octanol–water partition coefficient (Wildman–Crippen LogP) is 0.328. The molecule has 2 rings (SSSR count). The number of hydrogen-bond donors (Lipinski definition) is 1. The molecular weight excluding hydrogens is 330 g/mol. The van der Waals surface area contributed by atoms with Gasteiger partial charge in [0.15, 0.2) is 0 Å². The molecule has 0 spiro atoms. The van der Waals surface area contributed by atoms with Crippen LogP contribution in [0.1, 0.15) is 10.4 Å². The van der Waals surface area contributed by atoms with Crippen LogP contribution in [-0.2, 0) is 9.53 Å². The minimum atomic E-state index is -0.530. The fraction of sp³-hybridized carbons (Fsp3) is 0.182. The lowest BCUT2D eigenvalue weighted by atomic mass is 10.1. The third-order valence-electron chi connectivity index (χ3n) is 2.42. The number of carbonyl (C=O) groups is 2. The molecule has 2 aromatic rings. The summed E-state index contributed by atoms with van der Waals surface area (Å²) >= 11 is 3.29. The molecule has 0 radical (unpaired) electrons. The van der Waals surface area contributed by atoms with E-state index >= 15 is 0 Å². The second-order valence-electron chi connectivity index (χ2n) is 3.67. The van der Waals surface area contributed by atoms with Gasteiger partial charge in [-0.1, -0.05) is 15.9 Å². The molecule has 9 heteroatoms. The van der Waals surface area contributed by atoms with E-state index in [-0.39, 0.29) is 6.54 Å². The molecule has 0 atom stereocenters. The van der Waals surface area contributed by atoms with Crippen LogP contribution in [0, 0.1) is 0 Å². The van der Waals surface area contributed by atoms with Crippen LogP contribution in [0.5, 0.6) is 0 Å². The first kappa shape index (κ1) is 14.1. The van der Waals surface area contributed by atoms with E-state index in [4.69, 9.17) is 0 Å². The number of carbonyl (C=O) groups excluding carboxylic acids is 2. The maximum Gasteiger partial charge on any atom is 0.325 e. The van der Waals surface area contributed by atoms with E-state index in [0.29, 0.717) is 11.3 Å². The molecule has 1 aromatic heterocycles. The third-order valence-corrected chi connectivity index (χ3v) is 2.91. The molecule has 1 aromatic carbocycles. The molecule has 104 valence electrons. The highest BCUT2D eigenvalue weighted by atomic mass is 79.9. The Labute approximate surface area is 122 Å². The molecule has 0 bridgehead atoms. The summed E-state index contributed by atoms with van der Waals surface area (Å²) in [5, 5.41) is 13.2. The molecule has 1 heterocycles. The number of aromatic nitrogens is 4. The normalized spacial score (nSPS) is 10.1. The van der Waals surface area contributed by atoms with Crippen molar-refractivity contribution in [2.24, 2.45) is 0 Å². The topological polar surface area (TPSA) is 99.0 Å². The molecule has 0 saturated carbocycles. The Kier molecular flexibility index (Phi) is 4.41. The second kappa shape index (κ2) is 6.24. The molecule has 8 nitrogen and oxygen atoms in total. The monoisotopic (exact) mass is 339 g/mol. The van der Waals surface area contributed by atoms with Gasteiger partial charge in [0, 0.05) is 4.47 Å². The van der Waals surface area contributed by atoms with Gasteiger partial charge < -0.3 is 10.1 Å². The average molecular weight is 340 g/mol. The zero-order chi connectivity index (χ0) is 14.5. The maximum atomic E-state index is 12.1. The summed E-state index contributed by atoms with van der Waals surface area (Å²) in [6, 6.07) is 5.06. The van der Waals surface area contributed by atoms with Crippen molar-refractivity contribution in [3.63, 3.8) is 0 Å². The molecular formula is C11H10BrN5O3. The van der Waals surface area contributed by atoms with E-state index in [1.165, 1.54) is 18.1 Å². The molecule has 1 amide bonds. The van der Waals surface area contributed by atoms with Crippen LogP contribution in [0.25, 0.3) is 5.69 Å². The number of nitrogens with zero attached hydrogens (tertiary/aromatic N) is 4. The largest absolute Gasteiger partial charge is 0.468 e. The number of benzene rings is 1. The summed E-state index contributed by atoms with van der Waals surface area (Å²) in [7, 11) is 1.25. The van der Waals surface area contributed by atoms with Crippen molar-refractivity contribution in [2.45, 2.75) is 0 Å². The highest BCUT2D eigenvalue weighted by Crippen LogP contribution is 2.19. The van der Waals surface area contributed by atoms with E-state index in [0.717, 1.165) is 4.47 Å². The Hall–Kier alpha value is -2.29. The van der Waals surface area contributed by atoms with Crippen molar-refractivity contribution in [3.05, 3.63) is 34.6 Å². The van der Waals surface area contributed by atoms with Crippen molar-refractivity contribution in [1.82, 2.24) is 25.5 Å². The molecule has 0 fully saturated rings. The first-order chi connectivity index (χ1) is 9.61. The quantitative estimate of drug-likeness (QED) is 0.806. The number of esters is 1. The van der Waals surface area contributed by atoms with Gasteiger partial charge in [-0.15, -0.1) is 5.10 Å². The van der Waals surface area contributed by atoms with Crippen molar-refractivity contribution in [2.75, 3.05) is 13.7 Å². The standard InChI is InChI=1S/C11H10BrN5O3/c1-20-10(18)5-13-11(19)8-4-7(12)2-3-9(8)17-6-14-15-16-17/h2-4,6H,5H2,1H3,(H,13,19). The summed E-state index contributed by atoms with van der Waals surface area (Å²) in [5.41, 5.74) is 0.830. The van der Waals surface area contributed by atoms with Crippen LogP contribution in [0.3, 0.4) is 0 Å². The van der Waals surface area contributed by atoms with Crippen LogP contribution in [0.15, 0.2) is 29.0 Å². The lowest BCUT2D eigenvalue weighted by Crippen LogP contribution is -2.30. The van der Waals surface area contributed by atoms with E-state index in [2.05, 4.69) is 41.5 Å².